The summed E-state index contributed by atoms with van der Waals surface area (Å²) in [6, 6.07) is 19.2. The number of benzene rings is 3. The van der Waals surface area contributed by atoms with Gasteiger partial charge in [-0.15, -0.1) is 0 Å². The Kier molecular flexibility index (Phi) is 7.96. The van der Waals surface area contributed by atoms with Crippen LogP contribution in [0.2, 0.25) is 0 Å². The number of nitrogens with one attached hydrogen (secondary N) is 2. The maximum atomic E-state index is 12.9. The summed E-state index contributed by atoms with van der Waals surface area (Å²) in [5.41, 5.74) is 4.38. The number of amides is 2. The average molecular weight is 494 g/mol. The molecule has 0 fully saturated rings. The predicted octanol–water partition coefficient (Wildman–Crippen LogP) is 4.66. The van der Waals surface area contributed by atoms with E-state index >= 15 is 0 Å². The van der Waals surface area contributed by atoms with Crippen LogP contribution in [-0.4, -0.2) is 32.5 Å². The number of carbonyl (C=O) groups is 2. The van der Waals surface area contributed by atoms with Gasteiger partial charge in [0.15, 0.2) is 0 Å². The summed E-state index contributed by atoms with van der Waals surface area (Å²) < 4.78 is 26.5. The Bertz CT molecular complexity index is 1330. The molecule has 0 aliphatic heterocycles. The zero-order valence-corrected chi connectivity index (χ0v) is 21.4. The first-order chi connectivity index (χ1) is 16.5. The average Bonchev–Trinajstić information content (AvgIpc) is 2.78. The lowest BCUT2D eigenvalue weighted by Crippen LogP contribution is -2.31. The highest BCUT2D eigenvalue weighted by Gasteiger charge is 2.20. The Hall–Kier alpha value is -3.65. The molecule has 0 aliphatic rings. The lowest BCUT2D eigenvalue weighted by molar-refractivity contribution is 0.0944. The first-order valence-electron chi connectivity index (χ1n) is 11.3. The van der Waals surface area contributed by atoms with Crippen LogP contribution < -0.4 is 14.9 Å². The van der Waals surface area contributed by atoms with Crippen molar-refractivity contribution in [2.75, 3.05) is 15.9 Å². The normalized spacial score (nSPS) is 11.3. The van der Waals surface area contributed by atoms with Crippen LogP contribution in [0.3, 0.4) is 0 Å². The van der Waals surface area contributed by atoms with Gasteiger partial charge < -0.3 is 10.6 Å². The maximum Gasteiger partial charge on any atom is 0.255 e. The summed E-state index contributed by atoms with van der Waals surface area (Å²) >= 11 is 0. The third-order valence-electron chi connectivity index (χ3n) is 5.42. The van der Waals surface area contributed by atoms with Gasteiger partial charge in [0.2, 0.25) is 10.0 Å². The summed E-state index contributed by atoms with van der Waals surface area (Å²) in [6.07, 6.45) is 1.18. The molecular weight excluding hydrogens is 462 g/mol. The van der Waals surface area contributed by atoms with E-state index in [0.717, 1.165) is 16.7 Å². The van der Waals surface area contributed by atoms with Gasteiger partial charge in [-0.2, -0.15) is 0 Å². The molecule has 3 aromatic carbocycles. The van der Waals surface area contributed by atoms with E-state index in [4.69, 9.17) is 0 Å². The van der Waals surface area contributed by atoms with Crippen molar-refractivity contribution in [1.29, 1.82) is 0 Å². The van der Waals surface area contributed by atoms with Gasteiger partial charge in [0, 0.05) is 11.6 Å². The van der Waals surface area contributed by atoms with Crippen molar-refractivity contribution >= 4 is 33.2 Å². The molecule has 8 heteroatoms. The van der Waals surface area contributed by atoms with Gasteiger partial charge in [0.25, 0.3) is 11.8 Å². The molecule has 0 saturated carbocycles. The number of nitrogens with zero attached hydrogens (tertiary/aromatic N) is 1. The lowest BCUT2D eigenvalue weighted by atomic mass is 10.1. The molecule has 0 radical (unpaired) electrons. The van der Waals surface area contributed by atoms with Gasteiger partial charge in [-0.1, -0.05) is 36.4 Å². The second kappa shape index (κ2) is 10.7. The van der Waals surface area contributed by atoms with E-state index in [-0.39, 0.29) is 24.4 Å². The molecule has 0 atom stereocenters. The smallest absolute Gasteiger partial charge is 0.255 e. The first kappa shape index (κ1) is 26.0. The minimum atomic E-state index is -3.53. The van der Waals surface area contributed by atoms with Crippen LogP contribution in [0.15, 0.2) is 66.7 Å². The molecule has 2 N–H and O–H groups in total. The molecule has 0 saturated heterocycles. The van der Waals surface area contributed by atoms with E-state index in [9.17, 15) is 18.0 Å². The van der Waals surface area contributed by atoms with E-state index < -0.39 is 10.0 Å². The minimum Gasteiger partial charge on any atom is -0.350 e. The Balaban J connectivity index is 1.80. The van der Waals surface area contributed by atoms with Crippen molar-refractivity contribution in [2.45, 2.75) is 40.3 Å². The van der Waals surface area contributed by atoms with Crippen LogP contribution in [0.4, 0.5) is 11.4 Å². The van der Waals surface area contributed by atoms with Gasteiger partial charge in [-0.05, 0) is 74.7 Å². The number of anilines is 2. The van der Waals surface area contributed by atoms with Crippen molar-refractivity contribution in [3.05, 3.63) is 94.5 Å². The minimum absolute atomic E-state index is 0.0334. The summed E-state index contributed by atoms with van der Waals surface area (Å²) in [6.45, 7) is 7.67. The van der Waals surface area contributed by atoms with Crippen LogP contribution in [-0.2, 0) is 16.6 Å². The monoisotopic (exact) mass is 493 g/mol. The quantitative estimate of drug-likeness (QED) is 0.477. The van der Waals surface area contributed by atoms with Crippen molar-refractivity contribution < 1.29 is 18.0 Å². The predicted molar refractivity (Wildman–Crippen MR) is 140 cm³/mol. The molecule has 7 nitrogen and oxygen atoms in total. The van der Waals surface area contributed by atoms with Crippen molar-refractivity contribution in [3.8, 4) is 0 Å². The Morgan fingerprint density at radius 3 is 2.20 bits per heavy atom. The van der Waals surface area contributed by atoms with Crippen molar-refractivity contribution in [1.82, 2.24) is 5.32 Å². The molecule has 3 aromatic rings. The molecule has 0 aliphatic carbocycles. The zero-order valence-electron chi connectivity index (χ0n) is 20.6. The highest BCUT2D eigenvalue weighted by molar-refractivity contribution is 7.92. The standard InChI is InChI=1S/C27H31N3O4S/c1-18(2)28-27(32)23-8-6-7-9-24(23)29-26(31)22-14-12-21(13-15-22)17-30(35(5,33)34)25-16-19(3)10-11-20(25)4/h6-16,18H,17H2,1-5H3,(H,28,32)(H,29,31). The molecule has 0 unspecified atom stereocenters. The summed E-state index contributed by atoms with van der Waals surface area (Å²) in [7, 11) is -3.53. The van der Waals surface area contributed by atoms with Crippen LogP contribution in [0.25, 0.3) is 0 Å². The number of carbonyl (C=O) groups excluding carboxylic acids is 2. The van der Waals surface area contributed by atoms with Crippen LogP contribution in [0, 0.1) is 13.8 Å². The maximum absolute atomic E-state index is 12.9. The highest BCUT2D eigenvalue weighted by Crippen LogP contribution is 2.26. The van der Waals surface area contributed by atoms with E-state index in [2.05, 4.69) is 10.6 Å². The first-order valence-corrected chi connectivity index (χ1v) is 13.2. The molecule has 2 amide bonds. The number of aryl methyl sites for hydroxylation is 2. The number of rotatable bonds is 8. The Labute approximate surface area is 207 Å². The van der Waals surface area contributed by atoms with Gasteiger partial charge in [-0.3, -0.25) is 13.9 Å². The molecule has 0 aromatic heterocycles. The fourth-order valence-corrected chi connectivity index (χ4v) is 4.56. The molecule has 0 heterocycles. The third kappa shape index (κ3) is 6.70. The van der Waals surface area contributed by atoms with Gasteiger partial charge in [0.05, 0.1) is 29.7 Å². The van der Waals surface area contributed by atoms with Crippen LogP contribution >= 0.6 is 0 Å². The van der Waals surface area contributed by atoms with Gasteiger partial charge >= 0.3 is 0 Å². The molecule has 0 bridgehead atoms. The van der Waals surface area contributed by atoms with E-state index in [1.165, 1.54) is 10.6 Å². The second-order valence-corrected chi connectivity index (χ2v) is 10.8. The third-order valence-corrected chi connectivity index (χ3v) is 6.54. The van der Waals surface area contributed by atoms with E-state index in [0.29, 0.717) is 22.5 Å². The number of sulfonamides is 1. The zero-order chi connectivity index (χ0) is 25.8. The summed E-state index contributed by atoms with van der Waals surface area (Å²) in [5, 5.41) is 5.63. The van der Waals surface area contributed by atoms with E-state index in [1.807, 2.05) is 45.9 Å². The van der Waals surface area contributed by atoms with Gasteiger partial charge in [-0.25, -0.2) is 8.42 Å². The fraction of sp³-hybridized carbons (Fsp3) is 0.259. The topological polar surface area (TPSA) is 95.6 Å². The number of hydrogen-bond donors (Lipinski definition) is 2. The van der Waals surface area contributed by atoms with E-state index in [1.54, 1.807) is 48.5 Å². The fourth-order valence-electron chi connectivity index (χ4n) is 3.62. The van der Waals surface area contributed by atoms with Crippen molar-refractivity contribution in [2.24, 2.45) is 0 Å². The molecular formula is C27H31N3O4S. The molecule has 0 spiro atoms. The summed E-state index contributed by atoms with van der Waals surface area (Å²) in [4.78, 5) is 25.3. The molecule has 35 heavy (non-hydrogen) atoms. The van der Waals surface area contributed by atoms with Gasteiger partial charge in [0.1, 0.15) is 0 Å². The van der Waals surface area contributed by atoms with Crippen LogP contribution in [0.1, 0.15) is 51.3 Å². The largest absolute Gasteiger partial charge is 0.350 e. The Morgan fingerprint density at radius 2 is 1.57 bits per heavy atom. The SMILES string of the molecule is Cc1ccc(C)c(N(Cc2ccc(C(=O)Nc3ccccc3C(=O)NC(C)C)cc2)S(C)(=O)=O)c1. The number of para-hydroxylation sites is 1. The summed E-state index contributed by atoms with van der Waals surface area (Å²) in [5.74, 6) is -0.630. The highest BCUT2D eigenvalue weighted by atomic mass is 32.2. The lowest BCUT2D eigenvalue weighted by Gasteiger charge is -2.25. The van der Waals surface area contributed by atoms with Crippen LogP contribution in [0.5, 0.6) is 0 Å². The van der Waals surface area contributed by atoms with Crippen molar-refractivity contribution in [3.63, 3.8) is 0 Å². The number of hydrogen-bond acceptors (Lipinski definition) is 4. The second-order valence-electron chi connectivity index (χ2n) is 8.88. The molecule has 184 valence electrons. The Morgan fingerprint density at radius 1 is 0.914 bits per heavy atom. The molecule has 3 rings (SSSR count).